The summed E-state index contributed by atoms with van der Waals surface area (Å²) in [5.74, 6) is -0.442. The molecule has 19 heavy (non-hydrogen) atoms. The van der Waals surface area contributed by atoms with Gasteiger partial charge in [-0.05, 0) is 12.1 Å². The Labute approximate surface area is 117 Å². The molecule has 0 bridgehead atoms. The Bertz CT molecular complexity index is 733. The molecule has 0 unspecified atom stereocenters. The maximum Gasteiger partial charge on any atom is 0.197 e. The highest BCUT2D eigenvalue weighted by molar-refractivity contribution is 6.33. The minimum atomic E-state index is -0.799. The topological polar surface area (TPSA) is 43.1 Å². The fraction of sp³-hybridized carbons (Fsp3) is 0.0833. The monoisotopic (exact) mass is 296 g/mol. The van der Waals surface area contributed by atoms with Gasteiger partial charge in [0.1, 0.15) is 5.82 Å². The van der Waals surface area contributed by atoms with Crippen LogP contribution in [0, 0.1) is 5.82 Å². The lowest BCUT2D eigenvalue weighted by Crippen LogP contribution is -2.00. The fourth-order valence-electron chi connectivity index (χ4n) is 1.81. The Morgan fingerprint density at radius 1 is 1.16 bits per heavy atom. The molecule has 3 heterocycles. The maximum atomic E-state index is 13.2. The summed E-state index contributed by atoms with van der Waals surface area (Å²) < 4.78 is 15.0. The van der Waals surface area contributed by atoms with Crippen LogP contribution in [-0.4, -0.2) is 19.6 Å². The number of halogens is 3. The van der Waals surface area contributed by atoms with Gasteiger partial charge in [-0.15, -0.1) is 0 Å². The van der Waals surface area contributed by atoms with Crippen LogP contribution in [0.2, 0.25) is 10.3 Å². The van der Waals surface area contributed by atoms with Gasteiger partial charge in [0.2, 0.25) is 0 Å². The fourth-order valence-corrected chi connectivity index (χ4v) is 2.23. The number of hydrogen-bond donors (Lipinski definition) is 0. The third-order valence-corrected chi connectivity index (χ3v) is 3.17. The molecule has 0 aromatic carbocycles. The average molecular weight is 297 g/mol. The van der Waals surface area contributed by atoms with E-state index in [9.17, 15) is 4.39 Å². The van der Waals surface area contributed by atoms with Gasteiger partial charge in [0, 0.05) is 18.2 Å². The van der Waals surface area contributed by atoms with E-state index in [0.29, 0.717) is 12.2 Å². The molecule has 0 aliphatic rings. The van der Waals surface area contributed by atoms with Crippen LogP contribution in [-0.2, 0) is 6.42 Å². The van der Waals surface area contributed by atoms with Crippen molar-refractivity contribution in [3.8, 4) is 0 Å². The van der Waals surface area contributed by atoms with Gasteiger partial charge in [0.05, 0.1) is 11.7 Å². The molecule has 0 fully saturated rings. The van der Waals surface area contributed by atoms with Crippen molar-refractivity contribution in [1.29, 1.82) is 0 Å². The van der Waals surface area contributed by atoms with Crippen LogP contribution in [0.1, 0.15) is 11.4 Å². The lowest BCUT2D eigenvalue weighted by molar-refractivity contribution is 0.611. The number of fused-ring (bicyclic) bond motifs is 1. The second-order valence-corrected chi connectivity index (χ2v) is 4.63. The maximum absolute atomic E-state index is 13.2. The first kappa shape index (κ1) is 12.3. The van der Waals surface area contributed by atoms with Crippen LogP contribution in [0.5, 0.6) is 0 Å². The molecule has 3 aromatic rings. The molecular weight excluding hydrogens is 290 g/mol. The van der Waals surface area contributed by atoms with Crippen LogP contribution in [0.15, 0.2) is 30.6 Å². The highest BCUT2D eigenvalue weighted by atomic mass is 35.5. The minimum Gasteiger partial charge on any atom is -0.241 e. The zero-order valence-electron chi connectivity index (χ0n) is 9.52. The molecule has 3 aromatic heterocycles. The zero-order valence-corrected chi connectivity index (χ0v) is 11.0. The van der Waals surface area contributed by atoms with E-state index in [2.05, 4.69) is 15.1 Å². The first-order valence-electron chi connectivity index (χ1n) is 5.44. The number of aromatic nitrogens is 4. The van der Waals surface area contributed by atoms with Crippen LogP contribution < -0.4 is 0 Å². The second-order valence-electron chi connectivity index (χ2n) is 3.91. The van der Waals surface area contributed by atoms with Crippen LogP contribution in [0.25, 0.3) is 5.52 Å². The van der Waals surface area contributed by atoms with Crippen molar-refractivity contribution in [3.63, 3.8) is 0 Å². The summed E-state index contributed by atoms with van der Waals surface area (Å²) in [5.41, 5.74) is 1.85. The predicted octanol–water partition coefficient (Wildman–Crippen LogP) is 3.16. The van der Waals surface area contributed by atoms with Crippen molar-refractivity contribution in [2.24, 2.45) is 0 Å². The summed E-state index contributed by atoms with van der Waals surface area (Å²) in [6, 6.07) is 5.72. The molecule has 0 aliphatic heterocycles. The summed E-state index contributed by atoms with van der Waals surface area (Å²) in [7, 11) is 0. The van der Waals surface area contributed by atoms with Gasteiger partial charge in [-0.3, -0.25) is 0 Å². The zero-order chi connectivity index (χ0) is 13.4. The summed E-state index contributed by atoms with van der Waals surface area (Å²) >= 11 is 11.3. The SMILES string of the molecule is Fc1c(Cl)nc(Cc2cnn3ccccc23)nc1Cl. The van der Waals surface area contributed by atoms with E-state index in [0.717, 1.165) is 11.1 Å². The summed E-state index contributed by atoms with van der Waals surface area (Å²) in [5, 5.41) is 3.65. The highest BCUT2D eigenvalue weighted by Crippen LogP contribution is 2.21. The van der Waals surface area contributed by atoms with Crippen molar-refractivity contribution in [2.75, 3.05) is 0 Å². The molecule has 3 rings (SSSR count). The van der Waals surface area contributed by atoms with Gasteiger partial charge >= 0.3 is 0 Å². The Balaban J connectivity index is 2.01. The van der Waals surface area contributed by atoms with Crippen LogP contribution in [0.3, 0.4) is 0 Å². The molecule has 0 saturated carbocycles. The van der Waals surface area contributed by atoms with Gasteiger partial charge in [-0.1, -0.05) is 29.3 Å². The van der Waals surface area contributed by atoms with Crippen molar-refractivity contribution >= 4 is 28.7 Å². The molecule has 4 nitrogen and oxygen atoms in total. The molecule has 0 atom stereocenters. The van der Waals surface area contributed by atoms with Gasteiger partial charge in [0.25, 0.3) is 0 Å². The average Bonchev–Trinajstić information content (AvgIpc) is 2.79. The van der Waals surface area contributed by atoms with E-state index in [-0.39, 0.29) is 10.3 Å². The van der Waals surface area contributed by atoms with Gasteiger partial charge < -0.3 is 0 Å². The lowest BCUT2D eigenvalue weighted by Gasteiger charge is -2.02. The van der Waals surface area contributed by atoms with E-state index in [1.165, 1.54) is 0 Å². The normalized spacial score (nSPS) is 11.1. The number of hydrogen-bond acceptors (Lipinski definition) is 3. The smallest absolute Gasteiger partial charge is 0.197 e. The second kappa shape index (κ2) is 4.75. The Morgan fingerprint density at radius 2 is 1.89 bits per heavy atom. The van der Waals surface area contributed by atoms with E-state index in [1.54, 1.807) is 10.7 Å². The predicted molar refractivity (Wildman–Crippen MR) is 70.0 cm³/mol. The molecule has 0 spiro atoms. The van der Waals surface area contributed by atoms with Crippen LogP contribution >= 0.6 is 23.2 Å². The van der Waals surface area contributed by atoms with E-state index in [4.69, 9.17) is 23.2 Å². The standard InChI is InChI=1S/C12H7Cl2FN4/c13-11-10(15)12(14)18-9(17-11)5-7-6-16-19-4-2-1-3-8(7)19/h1-4,6H,5H2. The van der Waals surface area contributed by atoms with Crippen molar-refractivity contribution in [1.82, 2.24) is 19.6 Å². The van der Waals surface area contributed by atoms with Crippen molar-refractivity contribution in [2.45, 2.75) is 6.42 Å². The van der Waals surface area contributed by atoms with Gasteiger partial charge in [0.15, 0.2) is 16.1 Å². The molecular formula is C12H7Cl2FN4. The van der Waals surface area contributed by atoms with Gasteiger partial charge in [-0.25, -0.2) is 18.9 Å². The third-order valence-electron chi connectivity index (χ3n) is 2.67. The highest BCUT2D eigenvalue weighted by Gasteiger charge is 2.13. The molecule has 0 radical (unpaired) electrons. The number of pyridine rings is 1. The largest absolute Gasteiger partial charge is 0.241 e. The minimum absolute atomic E-state index is 0.272. The van der Waals surface area contributed by atoms with E-state index >= 15 is 0 Å². The Hall–Kier alpha value is -1.72. The number of nitrogens with zero attached hydrogens (tertiary/aromatic N) is 4. The Morgan fingerprint density at radius 3 is 2.63 bits per heavy atom. The summed E-state index contributed by atoms with van der Waals surface area (Å²) in [6.07, 6.45) is 3.93. The molecule has 7 heteroatoms. The quantitative estimate of drug-likeness (QED) is 0.682. The first-order chi connectivity index (χ1) is 9.15. The van der Waals surface area contributed by atoms with Crippen molar-refractivity contribution < 1.29 is 4.39 Å². The first-order valence-corrected chi connectivity index (χ1v) is 6.19. The van der Waals surface area contributed by atoms with Gasteiger partial charge in [-0.2, -0.15) is 5.10 Å². The molecule has 0 aliphatic carbocycles. The van der Waals surface area contributed by atoms with Crippen molar-refractivity contribution in [3.05, 3.63) is 58.1 Å². The van der Waals surface area contributed by atoms with E-state index < -0.39 is 5.82 Å². The summed E-state index contributed by atoms with van der Waals surface area (Å²) in [6.45, 7) is 0. The molecule has 0 N–H and O–H groups in total. The summed E-state index contributed by atoms with van der Waals surface area (Å²) in [4.78, 5) is 7.75. The lowest BCUT2D eigenvalue weighted by atomic mass is 10.2. The molecule has 96 valence electrons. The third kappa shape index (κ3) is 2.27. The molecule has 0 saturated heterocycles. The molecule has 0 amide bonds. The van der Waals surface area contributed by atoms with Crippen LogP contribution in [0.4, 0.5) is 4.39 Å². The van der Waals surface area contributed by atoms with E-state index in [1.807, 2.05) is 24.4 Å². The number of rotatable bonds is 2. The Kier molecular flexibility index (Phi) is 3.08.